The van der Waals surface area contributed by atoms with Crippen molar-refractivity contribution in [3.05, 3.63) is 47.0 Å². The molecular formula is C16H20N4O2. The van der Waals surface area contributed by atoms with Crippen LogP contribution in [0.3, 0.4) is 0 Å². The molecule has 0 aliphatic carbocycles. The summed E-state index contributed by atoms with van der Waals surface area (Å²) in [7, 11) is 0. The van der Waals surface area contributed by atoms with Crippen molar-refractivity contribution in [2.24, 2.45) is 0 Å². The van der Waals surface area contributed by atoms with Crippen molar-refractivity contribution in [1.29, 1.82) is 0 Å². The maximum atomic E-state index is 11.9. The van der Waals surface area contributed by atoms with Gasteiger partial charge < -0.3 is 20.6 Å². The Labute approximate surface area is 128 Å². The molecule has 0 saturated carbocycles. The van der Waals surface area contributed by atoms with Gasteiger partial charge in [-0.15, -0.1) is 0 Å². The van der Waals surface area contributed by atoms with E-state index in [0.717, 1.165) is 35.6 Å². The zero-order valence-corrected chi connectivity index (χ0v) is 12.4. The largest absolute Gasteiger partial charge is 0.362 e. The molecule has 0 fully saturated rings. The number of carbonyl (C=O) groups is 2. The molecular weight excluding hydrogens is 280 g/mol. The molecule has 2 aromatic rings. The van der Waals surface area contributed by atoms with Gasteiger partial charge in [-0.3, -0.25) is 9.59 Å². The second-order valence-electron chi connectivity index (χ2n) is 5.57. The number of H-pyrrole nitrogens is 2. The lowest BCUT2D eigenvalue weighted by Crippen LogP contribution is -2.28. The van der Waals surface area contributed by atoms with Crippen molar-refractivity contribution >= 4 is 11.8 Å². The Hall–Kier alpha value is -2.50. The van der Waals surface area contributed by atoms with Gasteiger partial charge in [0, 0.05) is 48.7 Å². The van der Waals surface area contributed by atoms with Crippen LogP contribution in [0.4, 0.5) is 0 Å². The normalized spacial score (nSPS) is 16.9. The van der Waals surface area contributed by atoms with Gasteiger partial charge in [0.15, 0.2) is 0 Å². The molecule has 0 radical (unpaired) electrons. The van der Waals surface area contributed by atoms with Crippen molar-refractivity contribution < 1.29 is 9.59 Å². The first kappa shape index (κ1) is 14.4. The van der Waals surface area contributed by atoms with E-state index in [0.29, 0.717) is 25.9 Å². The molecule has 1 aliphatic rings. The van der Waals surface area contributed by atoms with E-state index in [1.165, 1.54) is 0 Å². The zero-order valence-electron chi connectivity index (χ0n) is 12.4. The monoisotopic (exact) mass is 300 g/mol. The highest BCUT2D eigenvalue weighted by atomic mass is 16.2. The average molecular weight is 300 g/mol. The van der Waals surface area contributed by atoms with Gasteiger partial charge >= 0.3 is 0 Å². The quantitative estimate of drug-likeness (QED) is 0.569. The van der Waals surface area contributed by atoms with Crippen LogP contribution in [0.2, 0.25) is 0 Å². The molecule has 0 aromatic carbocycles. The lowest BCUT2D eigenvalue weighted by atomic mass is 10.2. The highest BCUT2D eigenvalue weighted by Gasteiger charge is 2.09. The van der Waals surface area contributed by atoms with Crippen LogP contribution in [0.25, 0.3) is 0 Å². The number of carbonyl (C=O) groups excluding carboxylic acids is 2. The molecule has 0 saturated heterocycles. The highest BCUT2D eigenvalue weighted by molar-refractivity contribution is 5.79. The zero-order chi connectivity index (χ0) is 15.4. The fraction of sp³-hybridized carbons (Fsp3) is 0.375. The second kappa shape index (κ2) is 6.51. The van der Waals surface area contributed by atoms with Gasteiger partial charge in [0.1, 0.15) is 0 Å². The number of nitrogens with one attached hydrogen (secondary N) is 4. The minimum atomic E-state index is -0.0169. The van der Waals surface area contributed by atoms with Crippen molar-refractivity contribution in [2.75, 3.05) is 13.1 Å². The van der Waals surface area contributed by atoms with Gasteiger partial charge in [-0.1, -0.05) is 0 Å². The van der Waals surface area contributed by atoms with Gasteiger partial charge in [-0.2, -0.15) is 0 Å². The molecule has 6 nitrogen and oxygen atoms in total. The van der Waals surface area contributed by atoms with Crippen LogP contribution < -0.4 is 10.6 Å². The predicted octanol–water partition coefficient (Wildman–Crippen LogP) is 0.459. The number of amides is 2. The van der Waals surface area contributed by atoms with Crippen LogP contribution in [0, 0.1) is 0 Å². The Morgan fingerprint density at radius 3 is 1.55 bits per heavy atom. The van der Waals surface area contributed by atoms with Crippen LogP contribution in [0.15, 0.2) is 24.3 Å². The molecule has 3 heterocycles. The van der Waals surface area contributed by atoms with Crippen LogP contribution in [-0.2, 0) is 35.3 Å². The van der Waals surface area contributed by atoms with E-state index < -0.39 is 0 Å². The topological polar surface area (TPSA) is 89.8 Å². The number of aromatic amines is 2. The van der Waals surface area contributed by atoms with E-state index in [1.54, 1.807) is 0 Å². The van der Waals surface area contributed by atoms with E-state index in [9.17, 15) is 9.59 Å². The van der Waals surface area contributed by atoms with Crippen molar-refractivity contribution in [1.82, 2.24) is 20.6 Å². The standard InChI is InChI=1S/C16H20N4O2/c21-15-9-13-3-4-14(20-13)10-16(22)18-8-6-12-2-1-11(19-12)5-7-17-15/h1-4,19-20H,5-10H2,(H,17,21)(H,18,22). The summed E-state index contributed by atoms with van der Waals surface area (Å²) >= 11 is 0. The first-order valence-electron chi connectivity index (χ1n) is 7.56. The van der Waals surface area contributed by atoms with E-state index in [2.05, 4.69) is 20.6 Å². The minimum absolute atomic E-state index is 0.0169. The molecule has 0 spiro atoms. The number of aromatic nitrogens is 2. The SMILES string of the molecule is O=C1Cc2ccc([nH]2)CC(=O)NCCc2ccc([nH]2)CCN1. The van der Waals surface area contributed by atoms with Gasteiger partial charge in [-0.25, -0.2) is 0 Å². The average Bonchev–Trinajstić information content (AvgIpc) is 3.08. The summed E-state index contributed by atoms with van der Waals surface area (Å²) in [6.07, 6.45) is 2.15. The third-order valence-electron chi connectivity index (χ3n) is 3.75. The predicted molar refractivity (Wildman–Crippen MR) is 82.4 cm³/mol. The number of hydrogen-bond acceptors (Lipinski definition) is 2. The number of rotatable bonds is 0. The Balaban J connectivity index is 1.71. The molecule has 3 rings (SSSR count). The Kier molecular flexibility index (Phi) is 4.27. The minimum Gasteiger partial charge on any atom is -0.362 e. The van der Waals surface area contributed by atoms with Gasteiger partial charge in [0.25, 0.3) is 0 Å². The highest BCUT2D eigenvalue weighted by Crippen LogP contribution is 2.06. The third kappa shape index (κ3) is 3.78. The molecule has 2 aromatic heterocycles. The summed E-state index contributed by atoms with van der Waals surface area (Å²) in [5.74, 6) is -0.0338. The molecule has 0 unspecified atom stereocenters. The summed E-state index contributed by atoms with van der Waals surface area (Å²) < 4.78 is 0. The first-order valence-corrected chi connectivity index (χ1v) is 7.56. The molecule has 1 aliphatic heterocycles. The van der Waals surface area contributed by atoms with Gasteiger partial charge in [0.2, 0.25) is 11.8 Å². The molecule has 4 N–H and O–H groups in total. The summed E-state index contributed by atoms with van der Waals surface area (Å²) in [5.41, 5.74) is 3.84. The smallest absolute Gasteiger partial charge is 0.225 e. The van der Waals surface area contributed by atoms with E-state index in [-0.39, 0.29) is 11.8 Å². The summed E-state index contributed by atoms with van der Waals surface area (Å²) in [5, 5.41) is 5.83. The molecule has 116 valence electrons. The van der Waals surface area contributed by atoms with Crippen LogP contribution in [0.5, 0.6) is 0 Å². The van der Waals surface area contributed by atoms with Gasteiger partial charge in [-0.05, 0) is 24.3 Å². The lowest BCUT2D eigenvalue weighted by Gasteiger charge is -2.06. The Morgan fingerprint density at radius 1 is 0.636 bits per heavy atom. The molecule has 22 heavy (non-hydrogen) atoms. The summed E-state index contributed by atoms with van der Waals surface area (Å²) in [6, 6.07) is 7.77. The molecule has 6 heteroatoms. The third-order valence-corrected chi connectivity index (χ3v) is 3.75. The molecule has 0 atom stereocenters. The maximum Gasteiger partial charge on any atom is 0.225 e. The number of hydrogen-bond donors (Lipinski definition) is 4. The van der Waals surface area contributed by atoms with Crippen molar-refractivity contribution in [3.63, 3.8) is 0 Å². The summed E-state index contributed by atoms with van der Waals surface area (Å²) in [4.78, 5) is 30.2. The Bertz CT molecular complexity index is 618. The van der Waals surface area contributed by atoms with Gasteiger partial charge in [0.05, 0.1) is 12.8 Å². The molecule has 2 amide bonds. The maximum absolute atomic E-state index is 11.9. The fourth-order valence-electron chi connectivity index (χ4n) is 2.62. The van der Waals surface area contributed by atoms with Crippen molar-refractivity contribution in [2.45, 2.75) is 25.7 Å². The van der Waals surface area contributed by atoms with Crippen molar-refractivity contribution in [3.8, 4) is 0 Å². The van der Waals surface area contributed by atoms with Crippen LogP contribution in [0.1, 0.15) is 22.8 Å². The molecule has 4 bridgehead atoms. The van der Waals surface area contributed by atoms with E-state index in [1.807, 2.05) is 24.3 Å². The van der Waals surface area contributed by atoms with E-state index >= 15 is 0 Å². The Morgan fingerprint density at radius 2 is 1.05 bits per heavy atom. The fourth-order valence-corrected chi connectivity index (χ4v) is 2.62. The summed E-state index contributed by atoms with van der Waals surface area (Å²) in [6.45, 7) is 1.23. The number of fused-ring (bicyclic) bond motifs is 4. The van der Waals surface area contributed by atoms with Crippen LogP contribution in [-0.4, -0.2) is 34.9 Å². The lowest BCUT2D eigenvalue weighted by molar-refractivity contribution is -0.121. The van der Waals surface area contributed by atoms with E-state index in [4.69, 9.17) is 0 Å². The first-order chi connectivity index (χ1) is 10.7. The second-order valence-corrected chi connectivity index (χ2v) is 5.57. The van der Waals surface area contributed by atoms with Crippen LogP contribution >= 0.6 is 0 Å².